The number of hydrogen-bond donors (Lipinski definition) is 4. The first-order valence-electron chi connectivity index (χ1n) is 7.86. The predicted octanol–water partition coefficient (Wildman–Crippen LogP) is -0.202. The van der Waals surface area contributed by atoms with Crippen LogP contribution in [0.1, 0.15) is 27.2 Å². The molecule has 0 aliphatic rings. The molecule has 0 heterocycles. The Morgan fingerprint density at radius 1 is 1.24 bits per heavy atom. The lowest BCUT2D eigenvalue weighted by Gasteiger charge is -2.27. The largest absolute Gasteiger partial charge is 0.501 e. The van der Waals surface area contributed by atoms with Crippen LogP contribution >= 0.6 is 11.8 Å². The summed E-state index contributed by atoms with van der Waals surface area (Å²) in [7, 11) is 1.48. The zero-order valence-corrected chi connectivity index (χ0v) is 15.9. The quantitative estimate of drug-likeness (QED) is 0.223. The molecule has 0 bridgehead atoms. The van der Waals surface area contributed by atoms with Crippen molar-refractivity contribution < 1.29 is 29.3 Å². The summed E-state index contributed by atoms with van der Waals surface area (Å²) >= 11 is 1.06. The van der Waals surface area contributed by atoms with Crippen molar-refractivity contribution in [2.75, 3.05) is 32.6 Å². The molecule has 8 nitrogen and oxygen atoms in total. The summed E-state index contributed by atoms with van der Waals surface area (Å²) in [6.45, 7) is 4.86. The molecule has 1 atom stereocenters. The Morgan fingerprint density at radius 3 is 2.44 bits per heavy atom. The van der Waals surface area contributed by atoms with Crippen molar-refractivity contribution in [2.45, 2.75) is 33.3 Å². The number of hydrogen-bond acceptors (Lipinski definition) is 7. The highest BCUT2D eigenvalue weighted by atomic mass is 32.2. The van der Waals surface area contributed by atoms with E-state index >= 15 is 0 Å². The van der Waals surface area contributed by atoms with E-state index in [9.17, 15) is 19.5 Å². The third-order valence-electron chi connectivity index (χ3n) is 3.36. The van der Waals surface area contributed by atoms with Crippen molar-refractivity contribution in [2.24, 2.45) is 5.41 Å². The summed E-state index contributed by atoms with van der Waals surface area (Å²) in [5.74, 6) is 0.0402. The maximum absolute atomic E-state index is 11.7. The van der Waals surface area contributed by atoms with Crippen LogP contribution in [0.25, 0.3) is 0 Å². The molecule has 0 aromatic heterocycles. The number of aliphatic hydroxyl groups excluding tert-OH is 2. The van der Waals surface area contributed by atoms with Gasteiger partial charge in [0, 0.05) is 36.8 Å². The monoisotopic (exact) mass is 376 g/mol. The van der Waals surface area contributed by atoms with Gasteiger partial charge in [0.1, 0.15) is 6.10 Å². The van der Waals surface area contributed by atoms with Crippen LogP contribution < -0.4 is 10.6 Å². The zero-order valence-electron chi connectivity index (χ0n) is 15.1. The molecule has 0 aliphatic carbocycles. The Balaban J connectivity index is 3.92. The molecule has 0 aliphatic heterocycles. The first-order chi connectivity index (χ1) is 11.6. The number of aliphatic hydroxyl groups is 2. The number of methoxy groups -OCH3 is 1. The van der Waals surface area contributed by atoms with Gasteiger partial charge >= 0.3 is 0 Å². The predicted molar refractivity (Wildman–Crippen MR) is 95.7 cm³/mol. The standard InChI is InChI=1S/C16H28N2O6S/c1-11(24-4)9-13(21)25-8-7-17-12(20)5-6-18-15(23)14(22)16(2,3)10-19/h9,14,19,22H,5-8,10H2,1-4H3,(H,17,20)(H,18,23)/b11-9-/t14-/m0/s1. The molecular formula is C16H28N2O6S. The van der Waals surface area contributed by atoms with E-state index < -0.39 is 17.4 Å². The number of carbonyl (C=O) groups is 3. The molecule has 0 saturated carbocycles. The van der Waals surface area contributed by atoms with Gasteiger partial charge in [-0.05, 0) is 6.92 Å². The van der Waals surface area contributed by atoms with Gasteiger partial charge in [-0.1, -0.05) is 25.6 Å². The van der Waals surface area contributed by atoms with Crippen LogP contribution in [-0.4, -0.2) is 65.8 Å². The Hall–Kier alpha value is -1.58. The van der Waals surface area contributed by atoms with Gasteiger partial charge in [-0.2, -0.15) is 0 Å². The highest BCUT2D eigenvalue weighted by molar-refractivity contribution is 8.14. The summed E-state index contributed by atoms with van der Waals surface area (Å²) in [4.78, 5) is 34.8. The molecule has 0 radical (unpaired) electrons. The molecule has 0 fully saturated rings. The van der Waals surface area contributed by atoms with Gasteiger partial charge in [0.2, 0.25) is 16.9 Å². The first kappa shape index (κ1) is 23.4. The number of amides is 2. The van der Waals surface area contributed by atoms with Gasteiger partial charge in [0.05, 0.1) is 19.5 Å². The van der Waals surface area contributed by atoms with E-state index in [1.165, 1.54) is 13.2 Å². The average molecular weight is 376 g/mol. The summed E-state index contributed by atoms with van der Waals surface area (Å²) in [5.41, 5.74) is -0.953. The normalized spacial score (nSPS) is 13.1. The Labute approximate surface area is 152 Å². The lowest BCUT2D eigenvalue weighted by molar-refractivity contribution is -0.137. The van der Waals surface area contributed by atoms with Crippen molar-refractivity contribution in [3.05, 3.63) is 11.8 Å². The third kappa shape index (κ3) is 10.1. The minimum Gasteiger partial charge on any atom is -0.501 e. The van der Waals surface area contributed by atoms with Crippen LogP contribution in [0, 0.1) is 5.41 Å². The highest BCUT2D eigenvalue weighted by Gasteiger charge is 2.32. The van der Waals surface area contributed by atoms with E-state index in [-0.39, 0.29) is 30.6 Å². The van der Waals surface area contributed by atoms with E-state index in [2.05, 4.69) is 10.6 Å². The van der Waals surface area contributed by atoms with Crippen molar-refractivity contribution in [3.8, 4) is 0 Å². The smallest absolute Gasteiger partial charge is 0.249 e. The molecule has 144 valence electrons. The molecule has 0 saturated heterocycles. The minimum absolute atomic E-state index is 0.0549. The number of rotatable bonds is 11. The fourth-order valence-corrected chi connectivity index (χ4v) is 2.19. The molecule has 4 N–H and O–H groups in total. The van der Waals surface area contributed by atoms with Crippen LogP contribution in [0.3, 0.4) is 0 Å². The van der Waals surface area contributed by atoms with Gasteiger partial charge < -0.3 is 25.6 Å². The van der Waals surface area contributed by atoms with E-state index in [1.54, 1.807) is 20.8 Å². The van der Waals surface area contributed by atoms with Gasteiger partial charge in [0.15, 0.2) is 0 Å². The topological polar surface area (TPSA) is 125 Å². The minimum atomic E-state index is -1.36. The Morgan fingerprint density at radius 2 is 1.88 bits per heavy atom. The summed E-state index contributed by atoms with van der Waals surface area (Å²) < 4.78 is 4.86. The van der Waals surface area contributed by atoms with Gasteiger partial charge in [-0.3, -0.25) is 14.4 Å². The van der Waals surface area contributed by atoms with Crippen LogP contribution in [-0.2, 0) is 19.1 Å². The Bertz CT molecular complexity index is 493. The SMILES string of the molecule is CO/C(C)=C\C(=O)SCCNC(=O)CCNC(=O)[C@H](O)C(C)(C)CO. The van der Waals surface area contributed by atoms with Gasteiger partial charge in [-0.25, -0.2) is 0 Å². The third-order valence-corrected chi connectivity index (χ3v) is 4.17. The molecule has 25 heavy (non-hydrogen) atoms. The lowest BCUT2D eigenvalue weighted by Crippen LogP contribution is -2.46. The molecule has 0 rings (SSSR count). The van der Waals surface area contributed by atoms with Crippen molar-refractivity contribution >= 4 is 28.7 Å². The lowest BCUT2D eigenvalue weighted by atomic mass is 9.87. The summed E-state index contributed by atoms with van der Waals surface area (Å²) in [6.07, 6.45) is 0.0761. The highest BCUT2D eigenvalue weighted by Crippen LogP contribution is 2.19. The molecule has 9 heteroatoms. The molecule has 0 spiro atoms. The molecule has 0 aromatic carbocycles. The number of ether oxygens (including phenoxy) is 1. The number of carbonyl (C=O) groups excluding carboxylic acids is 3. The van der Waals surface area contributed by atoms with Crippen molar-refractivity contribution in [1.29, 1.82) is 0 Å². The molecular weight excluding hydrogens is 348 g/mol. The second-order valence-electron chi connectivity index (χ2n) is 6.07. The maximum atomic E-state index is 11.7. The van der Waals surface area contributed by atoms with E-state index in [1.807, 2.05) is 0 Å². The van der Waals surface area contributed by atoms with Crippen molar-refractivity contribution in [3.63, 3.8) is 0 Å². The van der Waals surface area contributed by atoms with Gasteiger partial charge in [-0.15, -0.1) is 0 Å². The Kier molecular flexibility index (Phi) is 11.1. The van der Waals surface area contributed by atoms with Crippen LogP contribution in [0.5, 0.6) is 0 Å². The van der Waals surface area contributed by atoms with Crippen molar-refractivity contribution in [1.82, 2.24) is 10.6 Å². The fourth-order valence-electron chi connectivity index (χ4n) is 1.53. The summed E-state index contributed by atoms with van der Waals surface area (Å²) in [6, 6.07) is 0. The van der Waals surface area contributed by atoms with E-state index in [0.717, 1.165) is 11.8 Å². The fraction of sp³-hybridized carbons (Fsp3) is 0.688. The average Bonchev–Trinajstić information content (AvgIpc) is 2.57. The zero-order chi connectivity index (χ0) is 19.5. The number of nitrogens with one attached hydrogen (secondary N) is 2. The second-order valence-corrected chi connectivity index (χ2v) is 7.17. The molecule has 2 amide bonds. The van der Waals surface area contributed by atoms with E-state index in [0.29, 0.717) is 18.1 Å². The van der Waals surface area contributed by atoms with E-state index in [4.69, 9.17) is 9.84 Å². The van der Waals surface area contributed by atoms with Gasteiger partial charge in [0.25, 0.3) is 0 Å². The number of thioether (sulfide) groups is 1. The number of allylic oxidation sites excluding steroid dienone is 1. The van der Waals surface area contributed by atoms with Crippen LogP contribution in [0.2, 0.25) is 0 Å². The maximum Gasteiger partial charge on any atom is 0.249 e. The van der Waals surface area contributed by atoms with Crippen LogP contribution in [0.15, 0.2) is 11.8 Å². The summed E-state index contributed by atoms with van der Waals surface area (Å²) in [5, 5.41) is 23.8. The first-order valence-corrected chi connectivity index (χ1v) is 8.85. The molecule has 0 aromatic rings. The van der Waals surface area contributed by atoms with Crippen LogP contribution in [0.4, 0.5) is 0 Å². The molecule has 0 unspecified atom stereocenters. The second kappa shape index (κ2) is 11.9.